The lowest BCUT2D eigenvalue weighted by atomic mass is 10.1. The molecule has 3 aromatic rings. The second-order valence-corrected chi connectivity index (χ2v) is 7.27. The average Bonchev–Trinajstić information content (AvgIpc) is 3.18. The molecule has 1 aromatic carbocycles. The fourth-order valence-electron chi connectivity index (χ4n) is 2.86. The van der Waals surface area contributed by atoms with E-state index < -0.39 is 0 Å². The number of aromatic nitrogens is 3. The Hall–Kier alpha value is -2.54. The van der Waals surface area contributed by atoms with Gasteiger partial charge >= 0.3 is 0 Å². The van der Waals surface area contributed by atoms with Crippen molar-refractivity contribution in [3.63, 3.8) is 0 Å². The smallest absolute Gasteiger partial charge is 0.259 e. The van der Waals surface area contributed by atoms with Gasteiger partial charge in [-0.15, -0.1) is 0 Å². The highest BCUT2D eigenvalue weighted by molar-refractivity contribution is 7.99. The molecule has 0 atom stereocenters. The van der Waals surface area contributed by atoms with Gasteiger partial charge in [-0.2, -0.15) is 16.7 Å². The lowest BCUT2D eigenvalue weighted by Gasteiger charge is -2.27. The molecule has 1 aliphatic rings. The molecule has 1 saturated heterocycles. The van der Waals surface area contributed by atoms with Crippen LogP contribution in [0, 0.1) is 0 Å². The van der Waals surface area contributed by atoms with E-state index in [1.807, 2.05) is 54.4 Å². The molecule has 0 spiro atoms. The minimum absolute atomic E-state index is 0.502. The van der Waals surface area contributed by atoms with Gasteiger partial charge < -0.3 is 14.2 Å². The molecule has 1 aliphatic heterocycles. The number of thioether (sulfide) groups is 1. The van der Waals surface area contributed by atoms with Crippen LogP contribution >= 0.6 is 11.8 Å². The van der Waals surface area contributed by atoms with Crippen LogP contribution in [0.15, 0.2) is 47.1 Å². The minimum Gasteiger partial charge on any atom is -0.497 e. The van der Waals surface area contributed by atoms with E-state index in [0.29, 0.717) is 18.1 Å². The number of anilines is 1. The van der Waals surface area contributed by atoms with Crippen molar-refractivity contribution >= 4 is 17.6 Å². The molecule has 1 fully saturated rings. The van der Waals surface area contributed by atoms with Crippen LogP contribution in [0.25, 0.3) is 11.5 Å². The molecule has 0 N–H and O–H groups in total. The highest BCUT2D eigenvalue weighted by Gasteiger charge is 2.14. The molecule has 0 saturated carbocycles. The first kappa shape index (κ1) is 16.9. The Balaban J connectivity index is 1.45. The Kier molecular flexibility index (Phi) is 5.06. The van der Waals surface area contributed by atoms with Gasteiger partial charge in [0.2, 0.25) is 0 Å². The number of ether oxygens (including phenoxy) is 1. The van der Waals surface area contributed by atoms with Gasteiger partial charge in [0.1, 0.15) is 11.6 Å². The van der Waals surface area contributed by atoms with E-state index >= 15 is 0 Å². The summed E-state index contributed by atoms with van der Waals surface area (Å²) in [5.41, 5.74) is 1.95. The highest BCUT2D eigenvalue weighted by Crippen LogP contribution is 2.22. The number of pyridine rings is 1. The first-order valence-corrected chi connectivity index (χ1v) is 9.72. The molecular weight excluding hydrogens is 348 g/mol. The van der Waals surface area contributed by atoms with E-state index in [2.05, 4.69) is 20.0 Å². The maximum absolute atomic E-state index is 5.41. The normalized spacial score (nSPS) is 14.4. The fraction of sp³-hybridized carbons (Fsp3) is 0.316. The van der Waals surface area contributed by atoms with Crippen LogP contribution in [-0.4, -0.2) is 46.8 Å². The fourth-order valence-corrected chi connectivity index (χ4v) is 3.76. The van der Waals surface area contributed by atoms with Gasteiger partial charge in [-0.3, -0.25) is 0 Å². The second-order valence-electron chi connectivity index (χ2n) is 6.05. The summed E-state index contributed by atoms with van der Waals surface area (Å²) in [5.74, 6) is 5.31. The SMILES string of the molecule is COc1ccc(Cc2noc(-c3ccc(N4CCSCC4)nc3)n2)cc1. The van der Waals surface area contributed by atoms with Gasteiger partial charge in [0, 0.05) is 37.2 Å². The Labute approximate surface area is 156 Å². The largest absolute Gasteiger partial charge is 0.497 e. The minimum atomic E-state index is 0.502. The molecule has 0 aliphatic carbocycles. The van der Waals surface area contributed by atoms with E-state index in [0.717, 1.165) is 47.3 Å². The summed E-state index contributed by atoms with van der Waals surface area (Å²) >= 11 is 1.99. The van der Waals surface area contributed by atoms with Crippen molar-refractivity contribution in [3.8, 4) is 17.2 Å². The molecule has 4 rings (SSSR count). The maximum atomic E-state index is 5.41. The second kappa shape index (κ2) is 7.78. The quantitative estimate of drug-likeness (QED) is 0.685. The topological polar surface area (TPSA) is 64.3 Å². The molecule has 3 heterocycles. The summed E-state index contributed by atoms with van der Waals surface area (Å²) in [6, 6.07) is 11.9. The third-order valence-corrected chi connectivity index (χ3v) is 5.26. The van der Waals surface area contributed by atoms with Gasteiger partial charge in [-0.05, 0) is 29.8 Å². The molecule has 134 valence electrons. The van der Waals surface area contributed by atoms with Crippen LogP contribution in [0.1, 0.15) is 11.4 Å². The zero-order valence-electron chi connectivity index (χ0n) is 14.6. The van der Waals surface area contributed by atoms with Crippen LogP contribution in [0.3, 0.4) is 0 Å². The average molecular weight is 368 g/mol. The van der Waals surface area contributed by atoms with Crippen molar-refractivity contribution < 1.29 is 9.26 Å². The molecular formula is C19H20N4O2S. The number of hydrogen-bond acceptors (Lipinski definition) is 7. The predicted molar refractivity (Wildman–Crippen MR) is 103 cm³/mol. The Morgan fingerprint density at radius 3 is 2.62 bits per heavy atom. The first-order valence-electron chi connectivity index (χ1n) is 8.56. The lowest BCUT2D eigenvalue weighted by Crippen LogP contribution is -2.32. The van der Waals surface area contributed by atoms with E-state index in [-0.39, 0.29) is 0 Å². The zero-order chi connectivity index (χ0) is 17.8. The van der Waals surface area contributed by atoms with Crippen molar-refractivity contribution in [1.82, 2.24) is 15.1 Å². The third kappa shape index (κ3) is 3.83. The van der Waals surface area contributed by atoms with Gasteiger partial charge in [0.05, 0.1) is 12.7 Å². The summed E-state index contributed by atoms with van der Waals surface area (Å²) in [6.45, 7) is 2.09. The standard InChI is InChI=1S/C19H20N4O2S/c1-24-16-5-2-14(3-6-16)12-17-21-19(25-22-17)15-4-7-18(20-13-15)23-8-10-26-11-9-23/h2-7,13H,8-12H2,1H3. The zero-order valence-corrected chi connectivity index (χ0v) is 15.4. The first-order chi connectivity index (χ1) is 12.8. The molecule has 0 amide bonds. The van der Waals surface area contributed by atoms with Crippen molar-refractivity contribution in [2.24, 2.45) is 0 Å². The van der Waals surface area contributed by atoms with Gasteiger partial charge in [0.25, 0.3) is 5.89 Å². The highest BCUT2D eigenvalue weighted by atomic mass is 32.2. The van der Waals surface area contributed by atoms with Crippen LogP contribution < -0.4 is 9.64 Å². The number of benzene rings is 1. The van der Waals surface area contributed by atoms with E-state index in [1.165, 1.54) is 0 Å². The van der Waals surface area contributed by atoms with Gasteiger partial charge in [-0.25, -0.2) is 4.98 Å². The number of nitrogens with zero attached hydrogens (tertiary/aromatic N) is 4. The predicted octanol–water partition coefficient (Wildman–Crippen LogP) is 3.28. The van der Waals surface area contributed by atoms with Gasteiger partial charge in [-0.1, -0.05) is 17.3 Å². The molecule has 7 heteroatoms. The summed E-state index contributed by atoms with van der Waals surface area (Å²) in [5, 5.41) is 4.08. The summed E-state index contributed by atoms with van der Waals surface area (Å²) in [7, 11) is 1.66. The molecule has 26 heavy (non-hydrogen) atoms. The van der Waals surface area contributed by atoms with Crippen molar-refractivity contribution in [1.29, 1.82) is 0 Å². The maximum Gasteiger partial charge on any atom is 0.259 e. The Morgan fingerprint density at radius 2 is 1.92 bits per heavy atom. The number of rotatable bonds is 5. The molecule has 6 nitrogen and oxygen atoms in total. The van der Waals surface area contributed by atoms with Crippen LogP contribution in [-0.2, 0) is 6.42 Å². The summed E-state index contributed by atoms with van der Waals surface area (Å²) in [6.07, 6.45) is 2.42. The molecule has 0 radical (unpaired) electrons. The van der Waals surface area contributed by atoms with E-state index in [4.69, 9.17) is 9.26 Å². The molecule has 0 unspecified atom stereocenters. The van der Waals surface area contributed by atoms with Gasteiger partial charge in [0.15, 0.2) is 5.82 Å². The number of hydrogen-bond donors (Lipinski definition) is 0. The van der Waals surface area contributed by atoms with Crippen LogP contribution in [0.2, 0.25) is 0 Å². The third-order valence-electron chi connectivity index (χ3n) is 4.32. The summed E-state index contributed by atoms with van der Waals surface area (Å²) < 4.78 is 10.6. The lowest BCUT2D eigenvalue weighted by molar-refractivity contribution is 0.414. The van der Waals surface area contributed by atoms with Crippen LogP contribution in [0.5, 0.6) is 5.75 Å². The van der Waals surface area contributed by atoms with E-state index in [9.17, 15) is 0 Å². The molecule has 2 aromatic heterocycles. The van der Waals surface area contributed by atoms with Crippen molar-refractivity contribution in [2.75, 3.05) is 36.6 Å². The van der Waals surface area contributed by atoms with Crippen LogP contribution in [0.4, 0.5) is 5.82 Å². The summed E-state index contributed by atoms with van der Waals surface area (Å²) in [4.78, 5) is 11.4. The molecule has 0 bridgehead atoms. The monoisotopic (exact) mass is 368 g/mol. The van der Waals surface area contributed by atoms with Crippen molar-refractivity contribution in [3.05, 3.63) is 54.0 Å². The number of methoxy groups -OCH3 is 1. The van der Waals surface area contributed by atoms with E-state index in [1.54, 1.807) is 7.11 Å². The Morgan fingerprint density at radius 1 is 1.12 bits per heavy atom. The Bertz CT molecular complexity index is 843. The van der Waals surface area contributed by atoms with Crippen molar-refractivity contribution in [2.45, 2.75) is 6.42 Å².